The number of benzene rings is 1. The molecule has 0 aliphatic heterocycles. The molecule has 0 aliphatic rings. The lowest BCUT2D eigenvalue weighted by Gasteiger charge is -2.04. The van der Waals surface area contributed by atoms with Crippen molar-refractivity contribution in [2.75, 3.05) is 5.73 Å². The van der Waals surface area contributed by atoms with Crippen LogP contribution < -0.4 is 5.73 Å². The second-order valence-corrected chi connectivity index (χ2v) is 4.49. The topological polar surface area (TPSA) is 69.1 Å². The van der Waals surface area contributed by atoms with E-state index in [0.717, 1.165) is 6.21 Å². The molecule has 0 atom stereocenters. The number of fused-ring (bicyclic) bond motifs is 1. The molecule has 2 heterocycles. The Kier molecular flexibility index (Phi) is 3.09. The summed E-state index contributed by atoms with van der Waals surface area (Å²) in [7, 11) is 0. The molecule has 1 aromatic carbocycles. The van der Waals surface area contributed by atoms with Crippen LogP contribution >= 0.6 is 0 Å². The third-order valence-corrected chi connectivity index (χ3v) is 2.98. The van der Waals surface area contributed by atoms with Gasteiger partial charge in [-0.2, -0.15) is 5.10 Å². The predicted molar refractivity (Wildman–Crippen MR) is 76.0 cm³/mol. The van der Waals surface area contributed by atoms with Crippen LogP contribution in [0.5, 0.6) is 0 Å². The van der Waals surface area contributed by atoms with Crippen molar-refractivity contribution < 1.29 is 8.78 Å². The van der Waals surface area contributed by atoms with Crippen molar-refractivity contribution in [1.82, 2.24) is 14.6 Å². The highest BCUT2D eigenvalue weighted by atomic mass is 19.1. The highest BCUT2D eigenvalue weighted by Gasteiger charge is 2.12. The van der Waals surface area contributed by atoms with E-state index in [2.05, 4.69) is 15.1 Å². The van der Waals surface area contributed by atoms with E-state index in [1.54, 1.807) is 19.2 Å². The van der Waals surface area contributed by atoms with Crippen molar-refractivity contribution in [2.45, 2.75) is 6.92 Å². The fourth-order valence-electron chi connectivity index (χ4n) is 2.00. The number of pyridine rings is 1. The summed E-state index contributed by atoms with van der Waals surface area (Å²) in [6, 6.07) is 4.29. The first-order chi connectivity index (χ1) is 10.1. The Hall–Kier alpha value is -2.83. The van der Waals surface area contributed by atoms with Crippen LogP contribution in [0.3, 0.4) is 0 Å². The Labute approximate surface area is 118 Å². The molecule has 3 rings (SSSR count). The third kappa shape index (κ3) is 2.33. The molecule has 0 amide bonds. The van der Waals surface area contributed by atoms with Crippen LogP contribution in [0.15, 0.2) is 35.7 Å². The summed E-state index contributed by atoms with van der Waals surface area (Å²) in [5.41, 5.74) is 6.28. The van der Waals surface area contributed by atoms with Gasteiger partial charge in [-0.1, -0.05) is 0 Å². The van der Waals surface area contributed by atoms with Gasteiger partial charge in [-0.25, -0.2) is 18.4 Å². The van der Waals surface area contributed by atoms with Gasteiger partial charge in [-0.15, -0.1) is 0 Å². The average Bonchev–Trinajstić information content (AvgIpc) is 2.77. The number of halogens is 2. The smallest absolute Gasteiger partial charge is 0.221 e. The van der Waals surface area contributed by atoms with Crippen LogP contribution in [0.4, 0.5) is 14.7 Å². The first kappa shape index (κ1) is 13.2. The van der Waals surface area contributed by atoms with Crippen LogP contribution in [0, 0.1) is 18.6 Å². The minimum Gasteiger partial charge on any atom is -0.368 e. The lowest BCUT2D eigenvalue weighted by atomic mass is 10.1. The quantitative estimate of drug-likeness (QED) is 0.736. The summed E-state index contributed by atoms with van der Waals surface area (Å²) in [5.74, 6) is -1.30. The van der Waals surface area contributed by atoms with Gasteiger partial charge in [0.05, 0.1) is 29.2 Å². The molecule has 2 aromatic heterocycles. The van der Waals surface area contributed by atoms with Crippen LogP contribution in [-0.2, 0) is 0 Å². The zero-order valence-electron chi connectivity index (χ0n) is 11.1. The van der Waals surface area contributed by atoms with Crippen LogP contribution in [0.2, 0.25) is 0 Å². The van der Waals surface area contributed by atoms with Crippen LogP contribution in [0.25, 0.3) is 10.9 Å². The molecule has 0 saturated heterocycles. The molecule has 0 saturated carbocycles. The molecular formula is C14H11F2N5. The van der Waals surface area contributed by atoms with Crippen molar-refractivity contribution in [2.24, 2.45) is 5.10 Å². The zero-order chi connectivity index (χ0) is 15.0. The minimum absolute atomic E-state index is 0.145. The normalized spacial score (nSPS) is 11.6. The number of rotatable bonds is 2. The van der Waals surface area contributed by atoms with E-state index >= 15 is 0 Å². The number of nitrogen functional groups attached to an aromatic ring is 1. The molecule has 0 spiro atoms. The van der Waals surface area contributed by atoms with E-state index in [1.807, 2.05) is 0 Å². The fourth-order valence-corrected chi connectivity index (χ4v) is 2.00. The van der Waals surface area contributed by atoms with Crippen molar-refractivity contribution in [3.05, 3.63) is 53.5 Å². The van der Waals surface area contributed by atoms with Gasteiger partial charge in [0.2, 0.25) is 5.95 Å². The second-order valence-electron chi connectivity index (χ2n) is 4.49. The second kappa shape index (κ2) is 4.93. The maximum atomic E-state index is 14.3. The molecule has 0 unspecified atom stereocenters. The van der Waals surface area contributed by atoms with Gasteiger partial charge in [0.25, 0.3) is 0 Å². The van der Waals surface area contributed by atoms with Gasteiger partial charge in [-0.3, -0.25) is 4.98 Å². The molecule has 5 nitrogen and oxygen atoms in total. The first-order valence-electron chi connectivity index (χ1n) is 6.15. The summed E-state index contributed by atoms with van der Waals surface area (Å²) in [4.78, 5) is 7.87. The predicted octanol–water partition coefficient (Wildman–Crippen LogP) is 2.48. The number of hydrogen-bond donors (Lipinski definition) is 1. The summed E-state index contributed by atoms with van der Waals surface area (Å²) in [6.45, 7) is 1.74. The van der Waals surface area contributed by atoms with Crippen molar-refractivity contribution >= 4 is 23.1 Å². The van der Waals surface area contributed by atoms with Crippen LogP contribution in [-0.4, -0.2) is 20.9 Å². The molecule has 3 aromatic rings. The van der Waals surface area contributed by atoms with E-state index in [-0.39, 0.29) is 22.4 Å². The first-order valence-corrected chi connectivity index (χ1v) is 6.15. The van der Waals surface area contributed by atoms with Crippen molar-refractivity contribution in [3.63, 3.8) is 0 Å². The van der Waals surface area contributed by atoms with E-state index < -0.39 is 11.6 Å². The number of nitrogens with two attached hydrogens (primary N) is 1. The highest BCUT2D eigenvalue weighted by Crippen LogP contribution is 2.21. The number of anilines is 1. The number of aromatic nitrogens is 3. The van der Waals surface area contributed by atoms with Crippen molar-refractivity contribution in [1.29, 1.82) is 0 Å². The van der Waals surface area contributed by atoms with E-state index in [0.29, 0.717) is 5.69 Å². The minimum atomic E-state index is -0.738. The molecule has 2 N–H and O–H groups in total. The van der Waals surface area contributed by atoms with Gasteiger partial charge in [0.15, 0.2) is 0 Å². The summed E-state index contributed by atoms with van der Waals surface area (Å²) < 4.78 is 29.5. The van der Waals surface area contributed by atoms with Gasteiger partial charge < -0.3 is 5.73 Å². The largest absolute Gasteiger partial charge is 0.368 e. The molecular weight excluding hydrogens is 276 g/mol. The van der Waals surface area contributed by atoms with E-state index in [9.17, 15) is 8.78 Å². The van der Waals surface area contributed by atoms with Crippen molar-refractivity contribution in [3.8, 4) is 0 Å². The lowest BCUT2D eigenvalue weighted by Crippen LogP contribution is -2.00. The van der Waals surface area contributed by atoms with E-state index in [4.69, 9.17) is 5.73 Å². The maximum absolute atomic E-state index is 14.3. The number of nitrogens with zero attached hydrogens (tertiary/aromatic N) is 4. The molecule has 7 heteroatoms. The van der Waals surface area contributed by atoms with Gasteiger partial charge >= 0.3 is 0 Å². The molecule has 0 aliphatic carbocycles. The third-order valence-electron chi connectivity index (χ3n) is 2.98. The molecule has 0 bridgehead atoms. The van der Waals surface area contributed by atoms with Gasteiger partial charge in [0.1, 0.15) is 11.6 Å². The number of aryl methyl sites for hydroxylation is 1. The monoisotopic (exact) mass is 287 g/mol. The Morgan fingerprint density at radius 1 is 1.38 bits per heavy atom. The summed E-state index contributed by atoms with van der Waals surface area (Å²) in [5, 5.41) is 4.16. The highest BCUT2D eigenvalue weighted by molar-refractivity contribution is 5.89. The Morgan fingerprint density at radius 2 is 2.19 bits per heavy atom. The molecule has 21 heavy (non-hydrogen) atoms. The summed E-state index contributed by atoms with van der Waals surface area (Å²) >= 11 is 0. The van der Waals surface area contributed by atoms with Crippen LogP contribution in [0.1, 0.15) is 11.3 Å². The molecule has 0 fully saturated rings. The maximum Gasteiger partial charge on any atom is 0.221 e. The van der Waals surface area contributed by atoms with E-state index in [1.165, 1.54) is 23.0 Å². The Bertz CT molecular complexity index is 854. The summed E-state index contributed by atoms with van der Waals surface area (Å²) in [6.07, 6.45) is 4.11. The van der Waals surface area contributed by atoms with Gasteiger partial charge in [0, 0.05) is 17.6 Å². The number of hydrogen-bond acceptors (Lipinski definition) is 4. The van der Waals surface area contributed by atoms with Gasteiger partial charge in [-0.05, 0) is 19.1 Å². The average molecular weight is 287 g/mol. The number of imidazole rings is 1. The Balaban J connectivity index is 2.10. The zero-order valence-corrected chi connectivity index (χ0v) is 11.1. The fraction of sp³-hybridized carbons (Fsp3) is 0.0714. The Morgan fingerprint density at radius 3 is 2.90 bits per heavy atom. The molecule has 106 valence electrons. The lowest BCUT2D eigenvalue weighted by molar-refractivity contribution is 0.588. The molecule has 0 radical (unpaired) electrons. The standard InChI is InChI=1S/C14H11F2N5/c1-8-7-21(14(17)20-8)19-6-10-11(15)5-12-9(13(10)16)3-2-4-18-12/h2-7H,1H3,(H2,17,20). The SMILES string of the molecule is Cc1cn(N=Cc2c(F)cc3ncccc3c2F)c(N)n1.